The zero-order valence-electron chi connectivity index (χ0n) is 10.1. The number of hydrogen-bond acceptors (Lipinski definition) is 4. The van der Waals surface area contributed by atoms with Gasteiger partial charge in [0.1, 0.15) is 6.04 Å². The number of carbonyl (C=O) groups is 1. The standard InChI is InChI=1S/C11H19N3O2/c1-4-7-14-10(5-6-13-14)8-12-9(2)11(15)16-3/h5-6,9,12H,4,7-8H2,1-3H3/t9-/m0/s1. The number of aromatic nitrogens is 2. The number of carbonyl (C=O) groups excluding carboxylic acids is 1. The summed E-state index contributed by atoms with van der Waals surface area (Å²) in [6.07, 6.45) is 2.82. The van der Waals surface area contributed by atoms with Gasteiger partial charge in [0, 0.05) is 19.3 Å². The lowest BCUT2D eigenvalue weighted by atomic mass is 10.3. The smallest absolute Gasteiger partial charge is 0.322 e. The summed E-state index contributed by atoms with van der Waals surface area (Å²) in [7, 11) is 1.39. The number of rotatable bonds is 6. The summed E-state index contributed by atoms with van der Waals surface area (Å²) in [6.45, 7) is 5.41. The fourth-order valence-electron chi connectivity index (χ4n) is 1.44. The summed E-state index contributed by atoms with van der Waals surface area (Å²) in [6, 6.07) is 1.65. The van der Waals surface area contributed by atoms with Gasteiger partial charge in [-0.15, -0.1) is 0 Å². The molecular weight excluding hydrogens is 206 g/mol. The van der Waals surface area contributed by atoms with E-state index in [9.17, 15) is 4.79 Å². The van der Waals surface area contributed by atoms with Crippen LogP contribution in [0.3, 0.4) is 0 Å². The van der Waals surface area contributed by atoms with E-state index in [1.165, 1.54) is 7.11 Å². The highest BCUT2D eigenvalue weighted by Crippen LogP contribution is 2.00. The van der Waals surface area contributed by atoms with E-state index in [-0.39, 0.29) is 12.0 Å². The third-order valence-corrected chi connectivity index (χ3v) is 2.38. The van der Waals surface area contributed by atoms with Gasteiger partial charge in [-0.1, -0.05) is 6.92 Å². The Labute approximate surface area is 95.8 Å². The highest BCUT2D eigenvalue weighted by molar-refractivity contribution is 5.75. The Balaban J connectivity index is 2.47. The van der Waals surface area contributed by atoms with Crippen molar-refractivity contribution in [2.75, 3.05) is 7.11 Å². The molecular formula is C11H19N3O2. The molecule has 1 heterocycles. The fraction of sp³-hybridized carbons (Fsp3) is 0.636. The molecule has 0 aliphatic carbocycles. The van der Waals surface area contributed by atoms with Gasteiger partial charge in [0.05, 0.1) is 12.8 Å². The zero-order valence-corrected chi connectivity index (χ0v) is 10.1. The molecule has 5 nitrogen and oxygen atoms in total. The number of nitrogens with one attached hydrogen (secondary N) is 1. The van der Waals surface area contributed by atoms with Crippen molar-refractivity contribution >= 4 is 5.97 Å². The van der Waals surface area contributed by atoms with Crippen molar-refractivity contribution in [1.82, 2.24) is 15.1 Å². The van der Waals surface area contributed by atoms with E-state index in [0.717, 1.165) is 18.7 Å². The first-order chi connectivity index (χ1) is 7.69. The summed E-state index contributed by atoms with van der Waals surface area (Å²) in [5.41, 5.74) is 1.08. The van der Waals surface area contributed by atoms with Crippen LogP contribution >= 0.6 is 0 Å². The second kappa shape index (κ2) is 6.27. The van der Waals surface area contributed by atoms with Crippen LogP contribution in [0.5, 0.6) is 0 Å². The molecule has 16 heavy (non-hydrogen) atoms. The van der Waals surface area contributed by atoms with Gasteiger partial charge in [0.25, 0.3) is 0 Å². The van der Waals surface area contributed by atoms with Crippen LogP contribution < -0.4 is 5.32 Å². The number of esters is 1. The highest BCUT2D eigenvalue weighted by atomic mass is 16.5. The molecule has 0 amide bonds. The molecule has 0 fully saturated rings. The second-order valence-electron chi connectivity index (χ2n) is 3.67. The van der Waals surface area contributed by atoms with Crippen LogP contribution in [0.2, 0.25) is 0 Å². The predicted octanol–water partition coefficient (Wildman–Crippen LogP) is 0.944. The van der Waals surface area contributed by atoms with Gasteiger partial charge in [0.2, 0.25) is 0 Å². The molecule has 0 saturated carbocycles. The van der Waals surface area contributed by atoms with E-state index in [1.807, 2.05) is 10.7 Å². The Morgan fingerprint density at radius 2 is 2.44 bits per heavy atom. The van der Waals surface area contributed by atoms with Gasteiger partial charge in [-0.2, -0.15) is 5.10 Å². The molecule has 0 unspecified atom stereocenters. The van der Waals surface area contributed by atoms with Crippen LogP contribution in [0.1, 0.15) is 26.0 Å². The Morgan fingerprint density at radius 3 is 3.06 bits per heavy atom. The highest BCUT2D eigenvalue weighted by Gasteiger charge is 2.12. The molecule has 0 saturated heterocycles. The molecule has 0 aromatic carbocycles. The maximum Gasteiger partial charge on any atom is 0.322 e. The Bertz CT molecular complexity index is 336. The van der Waals surface area contributed by atoms with E-state index in [4.69, 9.17) is 0 Å². The second-order valence-corrected chi connectivity index (χ2v) is 3.67. The molecule has 1 aromatic heterocycles. The van der Waals surface area contributed by atoms with E-state index in [0.29, 0.717) is 6.54 Å². The van der Waals surface area contributed by atoms with Crippen LogP contribution in [-0.2, 0) is 22.6 Å². The van der Waals surface area contributed by atoms with Crippen LogP contribution in [0.4, 0.5) is 0 Å². The van der Waals surface area contributed by atoms with E-state index >= 15 is 0 Å². The molecule has 90 valence electrons. The Morgan fingerprint density at radius 1 is 1.69 bits per heavy atom. The summed E-state index contributed by atoms with van der Waals surface area (Å²) in [5.74, 6) is -0.249. The molecule has 5 heteroatoms. The molecule has 1 N–H and O–H groups in total. The number of methoxy groups -OCH3 is 1. The number of ether oxygens (including phenoxy) is 1. The molecule has 0 bridgehead atoms. The summed E-state index contributed by atoms with van der Waals surface area (Å²) < 4.78 is 6.58. The largest absolute Gasteiger partial charge is 0.468 e. The van der Waals surface area contributed by atoms with E-state index in [2.05, 4.69) is 22.1 Å². The molecule has 1 atom stereocenters. The van der Waals surface area contributed by atoms with Crippen molar-refractivity contribution in [3.63, 3.8) is 0 Å². The number of nitrogens with zero attached hydrogens (tertiary/aromatic N) is 2. The summed E-state index contributed by atoms with van der Waals surface area (Å²) in [4.78, 5) is 11.2. The van der Waals surface area contributed by atoms with Crippen molar-refractivity contribution in [2.24, 2.45) is 0 Å². The maximum absolute atomic E-state index is 11.2. The van der Waals surface area contributed by atoms with Crippen molar-refractivity contribution in [3.8, 4) is 0 Å². The molecule has 0 radical (unpaired) electrons. The fourth-order valence-corrected chi connectivity index (χ4v) is 1.44. The average molecular weight is 225 g/mol. The van der Waals surface area contributed by atoms with Crippen LogP contribution in [0.15, 0.2) is 12.3 Å². The number of hydrogen-bond donors (Lipinski definition) is 1. The van der Waals surface area contributed by atoms with Gasteiger partial charge >= 0.3 is 5.97 Å². The van der Waals surface area contributed by atoms with Crippen molar-refractivity contribution in [1.29, 1.82) is 0 Å². The minimum absolute atomic E-state index is 0.249. The zero-order chi connectivity index (χ0) is 12.0. The summed E-state index contributed by atoms with van der Waals surface area (Å²) >= 11 is 0. The van der Waals surface area contributed by atoms with Gasteiger partial charge in [-0.05, 0) is 19.4 Å². The summed E-state index contributed by atoms with van der Waals surface area (Å²) in [5, 5.41) is 7.31. The van der Waals surface area contributed by atoms with Gasteiger partial charge in [0.15, 0.2) is 0 Å². The predicted molar refractivity (Wildman–Crippen MR) is 60.8 cm³/mol. The molecule has 0 aliphatic rings. The minimum Gasteiger partial charge on any atom is -0.468 e. The van der Waals surface area contributed by atoms with E-state index in [1.54, 1.807) is 13.1 Å². The van der Waals surface area contributed by atoms with E-state index < -0.39 is 0 Å². The topological polar surface area (TPSA) is 56.2 Å². The normalized spacial score (nSPS) is 12.4. The first-order valence-electron chi connectivity index (χ1n) is 5.51. The lowest BCUT2D eigenvalue weighted by Crippen LogP contribution is -2.34. The van der Waals surface area contributed by atoms with Crippen molar-refractivity contribution < 1.29 is 9.53 Å². The average Bonchev–Trinajstić information content (AvgIpc) is 2.73. The quantitative estimate of drug-likeness (QED) is 0.732. The van der Waals surface area contributed by atoms with Crippen molar-refractivity contribution in [3.05, 3.63) is 18.0 Å². The SMILES string of the molecule is CCCn1nccc1CN[C@@H](C)C(=O)OC. The first-order valence-corrected chi connectivity index (χ1v) is 5.51. The molecule has 0 aliphatic heterocycles. The minimum atomic E-state index is -0.296. The maximum atomic E-state index is 11.2. The molecule has 1 rings (SSSR count). The van der Waals surface area contributed by atoms with Crippen molar-refractivity contribution in [2.45, 2.75) is 39.4 Å². The molecule has 1 aromatic rings. The monoisotopic (exact) mass is 225 g/mol. The van der Waals surface area contributed by atoms with Gasteiger partial charge < -0.3 is 4.74 Å². The van der Waals surface area contributed by atoms with Crippen LogP contribution in [0.25, 0.3) is 0 Å². The lowest BCUT2D eigenvalue weighted by molar-refractivity contribution is -0.142. The Hall–Kier alpha value is -1.36. The molecule has 0 spiro atoms. The Kier molecular flexibility index (Phi) is 4.98. The third kappa shape index (κ3) is 3.34. The first kappa shape index (κ1) is 12.7. The van der Waals surface area contributed by atoms with Gasteiger partial charge in [-0.3, -0.25) is 14.8 Å². The number of aryl methyl sites for hydroxylation is 1. The lowest BCUT2D eigenvalue weighted by Gasteiger charge is -2.12. The van der Waals surface area contributed by atoms with Crippen LogP contribution in [-0.4, -0.2) is 28.9 Å². The van der Waals surface area contributed by atoms with Gasteiger partial charge in [-0.25, -0.2) is 0 Å². The third-order valence-electron chi connectivity index (χ3n) is 2.38. The van der Waals surface area contributed by atoms with Crippen LogP contribution in [0, 0.1) is 0 Å².